The van der Waals surface area contributed by atoms with Gasteiger partial charge < -0.3 is 20.3 Å². The predicted octanol–water partition coefficient (Wildman–Crippen LogP) is 14.0. The number of unbranched alkanes of at least 4 members (excludes halogenated alkanes) is 27. The predicted molar refractivity (Wildman–Crippen MR) is 236 cm³/mol. The lowest BCUT2D eigenvalue weighted by atomic mass is 10.0. The standard InChI is InChI=1S/C49H93NO5/c1-4-7-10-13-16-18-20-22-24-25-27-29-32-35-38-41-47(52)46(44-51)50-48(53)43-45(40-37-34-31-15-12-9-6-3)55-49(54)42-39-36-33-30-28-26-23-21-19-17-14-11-8-5-2/h8,11,17,19,45-47,51-52H,4-7,9-10,12-16,18,20-44H2,1-3H3,(H,50,53)/b11-8+,19-17+. The Morgan fingerprint density at radius 3 is 1.47 bits per heavy atom. The van der Waals surface area contributed by atoms with Crippen LogP contribution in [0.1, 0.15) is 252 Å². The molecule has 0 aliphatic carbocycles. The largest absolute Gasteiger partial charge is 0.462 e. The van der Waals surface area contributed by atoms with Gasteiger partial charge in [-0.3, -0.25) is 9.59 Å². The van der Waals surface area contributed by atoms with Crippen molar-refractivity contribution in [3.63, 3.8) is 0 Å². The summed E-state index contributed by atoms with van der Waals surface area (Å²) in [6.07, 6.45) is 48.2. The van der Waals surface area contributed by atoms with Gasteiger partial charge in [0, 0.05) is 6.42 Å². The maximum Gasteiger partial charge on any atom is 0.306 e. The second-order valence-corrected chi connectivity index (χ2v) is 16.5. The molecule has 6 nitrogen and oxygen atoms in total. The van der Waals surface area contributed by atoms with Gasteiger partial charge >= 0.3 is 5.97 Å². The summed E-state index contributed by atoms with van der Waals surface area (Å²) in [6, 6.07) is -0.696. The molecule has 55 heavy (non-hydrogen) atoms. The van der Waals surface area contributed by atoms with E-state index in [1.165, 1.54) is 135 Å². The van der Waals surface area contributed by atoms with E-state index < -0.39 is 18.2 Å². The molecule has 0 aromatic rings. The van der Waals surface area contributed by atoms with Gasteiger partial charge in [0.25, 0.3) is 0 Å². The third-order valence-corrected chi connectivity index (χ3v) is 11.0. The molecule has 3 N–H and O–H groups in total. The molecule has 0 aromatic heterocycles. The van der Waals surface area contributed by atoms with Gasteiger partial charge in [-0.05, 0) is 51.4 Å². The maximum atomic E-state index is 13.1. The monoisotopic (exact) mass is 776 g/mol. The highest BCUT2D eigenvalue weighted by molar-refractivity contribution is 5.77. The number of allylic oxidation sites excluding steroid dienone is 4. The maximum absolute atomic E-state index is 13.1. The molecule has 0 heterocycles. The average Bonchev–Trinajstić information content (AvgIpc) is 3.18. The Bertz CT molecular complexity index is 873. The number of hydrogen-bond acceptors (Lipinski definition) is 5. The molecule has 1 amide bonds. The van der Waals surface area contributed by atoms with Crippen LogP contribution in [0.15, 0.2) is 24.3 Å². The Labute approximate surface area is 341 Å². The minimum atomic E-state index is -0.783. The third kappa shape index (κ3) is 39.0. The van der Waals surface area contributed by atoms with Crippen molar-refractivity contribution >= 4 is 11.9 Å². The number of esters is 1. The molecular weight excluding hydrogens is 683 g/mol. The van der Waals surface area contributed by atoms with Crippen LogP contribution in [0.3, 0.4) is 0 Å². The lowest BCUT2D eigenvalue weighted by molar-refractivity contribution is -0.151. The highest BCUT2D eigenvalue weighted by atomic mass is 16.5. The zero-order valence-electron chi connectivity index (χ0n) is 36.8. The summed E-state index contributed by atoms with van der Waals surface area (Å²) in [5.74, 6) is -0.479. The van der Waals surface area contributed by atoms with Crippen molar-refractivity contribution in [1.29, 1.82) is 0 Å². The normalized spacial score (nSPS) is 13.5. The molecule has 0 rings (SSSR count). The molecule has 6 heteroatoms. The minimum absolute atomic E-state index is 0.0778. The number of amides is 1. The van der Waals surface area contributed by atoms with E-state index >= 15 is 0 Å². The van der Waals surface area contributed by atoms with Crippen molar-refractivity contribution in [2.45, 2.75) is 270 Å². The van der Waals surface area contributed by atoms with E-state index in [1.807, 2.05) is 0 Å². The zero-order chi connectivity index (χ0) is 40.3. The summed E-state index contributed by atoms with van der Waals surface area (Å²) in [6.45, 7) is 6.35. The Hall–Kier alpha value is -1.66. The van der Waals surface area contributed by atoms with Crippen LogP contribution >= 0.6 is 0 Å². The Morgan fingerprint density at radius 1 is 0.545 bits per heavy atom. The average molecular weight is 776 g/mol. The Morgan fingerprint density at radius 2 is 0.982 bits per heavy atom. The summed E-state index contributed by atoms with van der Waals surface area (Å²) in [5, 5.41) is 23.7. The number of ether oxygens (including phenoxy) is 1. The first-order valence-corrected chi connectivity index (χ1v) is 24.1. The third-order valence-electron chi connectivity index (χ3n) is 11.0. The number of aliphatic hydroxyl groups excluding tert-OH is 2. The minimum Gasteiger partial charge on any atom is -0.462 e. The molecule has 0 radical (unpaired) electrons. The van der Waals surface area contributed by atoms with Gasteiger partial charge in [-0.2, -0.15) is 0 Å². The smallest absolute Gasteiger partial charge is 0.306 e. The van der Waals surface area contributed by atoms with Crippen molar-refractivity contribution in [1.82, 2.24) is 5.32 Å². The fourth-order valence-corrected chi connectivity index (χ4v) is 7.41. The first-order valence-electron chi connectivity index (χ1n) is 24.1. The lowest BCUT2D eigenvalue weighted by Gasteiger charge is -2.24. The Kier molecular flexibility index (Phi) is 42.2. The van der Waals surface area contributed by atoms with E-state index in [2.05, 4.69) is 50.4 Å². The SMILES string of the molecule is CC/C=C/C/C=C/CCCCCCCCCC(=O)OC(CCCCCCCCC)CC(=O)NC(CO)C(O)CCCCCCCCCCCCCCCCC. The van der Waals surface area contributed by atoms with Gasteiger partial charge in [0.15, 0.2) is 0 Å². The van der Waals surface area contributed by atoms with Gasteiger partial charge in [0.05, 0.1) is 25.2 Å². The van der Waals surface area contributed by atoms with Gasteiger partial charge in [-0.25, -0.2) is 0 Å². The summed E-state index contributed by atoms with van der Waals surface area (Å²) < 4.78 is 5.88. The van der Waals surface area contributed by atoms with Crippen LogP contribution in [0.4, 0.5) is 0 Å². The fourth-order valence-electron chi connectivity index (χ4n) is 7.41. The lowest BCUT2D eigenvalue weighted by Crippen LogP contribution is -2.46. The molecule has 0 saturated heterocycles. The summed E-state index contributed by atoms with van der Waals surface area (Å²) in [5.41, 5.74) is 0. The second-order valence-electron chi connectivity index (χ2n) is 16.5. The number of rotatable bonds is 43. The summed E-state index contributed by atoms with van der Waals surface area (Å²) in [7, 11) is 0. The molecule has 3 atom stereocenters. The summed E-state index contributed by atoms with van der Waals surface area (Å²) in [4.78, 5) is 25.9. The molecule has 0 bridgehead atoms. The van der Waals surface area contributed by atoms with Gasteiger partial charge in [0.2, 0.25) is 5.91 Å². The van der Waals surface area contributed by atoms with Gasteiger partial charge in [0.1, 0.15) is 6.10 Å². The van der Waals surface area contributed by atoms with E-state index in [1.54, 1.807) is 0 Å². The van der Waals surface area contributed by atoms with Gasteiger partial charge in [-0.1, -0.05) is 212 Å². The molecular formula is C49H93NO5. The first kappa shape index (κ1) is 53.3. The number of hydrogen-bond donors (Lipinski definition) is 3. The van der Waals surface area contributed by atoms with Crippen LogP contribution in [0.5, 0.6) is 0 Å². The van der Waals surface area contributed by atoms with Crippen LogP contribution in [0.25, 0.3) is 0 Å². The quantitative estimate of drug-likeness (QED) is 0.0326. The van der Waals surface area contributed by atoms with Crippen LogP contribution in [-0.2, 0) is 14.3 Å². The molecule has 324 valence electrons. The molecule has 0 aliphatic heterocycles. The van der Waals surface area contributed by atoms with Crippen molar-refractivity contribution < 1.29 is 24.5 Å². The Balaban J connectivity index is 4.37. The van der Waals surface area contributed by atoms with Crippen molar-refractivity contribution in [2.75, 3.05) is 6.61 Å². The number of aliphatic hydroxyl groups is 2. The van der Waals surface area contributed by atoms with Crippen molar-refractivity contribution in [3.8, 4) is 0 Å². The van der Waals surface area contributed by atoms with Crippen LogP contribution in [0.2, 0.25) is 0 Å². The molecule has 0 spiro atoms. The molecule has 0 saturated carbocycles. The van der Waals surface area contributed by atoms with Crippen LogP contribution in [0, 0.1) is 0 Å². The van der Waals surface area contributed by atoms with Crippen LogP contribution in [-0.4, -0.2) is 46.9 Å². The highest BCUT2D eigenvalue weighted by Crippen LogP contribution is 2.18. The molecule has 3 unspecified atom stereocenters. The number of nitrogens with one attached hydrogen (secondary N) is 1. The molecule has 0 aliphatic rings. The molecule has 0 fully saturated rings. The second kappa shape index (κ2) is 43.5. The first-order chi connectivity index (χ1) is 27.0. The van der Waals surface area contributed by atoms with E-state index in [0.29, 0.717) is 19.3 Å². The van der Waals surface area contributed by atoms with Crippen LogP contribution < -0.4 is 5.32 Å². The van der Waals surface area contributed by atoms with E-state index in [-0.39, 0.29) is 24.9 Å². The zero-order valence-corrected chi connectivity index (χ0v) is 36.8. The fraction of sp³-hybridized carbons (Fsp3) is 0.878. The van der Waals surface area contributed by atoms with E-state index in [4.69, 9.17) is 4.74 Å². The van der Waals surface area contributed by atoms with Gasteiger partial charge in [-0.15, -0.1) is 0 Å². The number of carbonyl (C=O) groups excluding carboxylic acids is 2. The molecule has 0 aromatic carbocycles. The van der Waals surface area contributed by atoms with E-state index in [9.17, 15) is 19.8 Å². The van der Waals surface area contributed by atoms with E-state index in [0.717, 1.165) is 70.6 Å². The number of carbonyl (C=O) groups is 2. The van der Waals surface area contributed by atoms with Crippen molar-refractivity contribution in [3.05, 3.63) is 24.3 Å². The summed E-state index contributed by atoms with van der Waals surface area (Å²) >= 11 is 0. The topological polar surface area (TPSA) is 95.9 Å². The highest BCUT2D eigenvalue weighted by Gasteiger charge is 2.24. The van der Waals surface area contributed by atoms with Crippen molar-refractivity contribution in [2.24, 2.45) is 0 Å².